The number of anilines is 1. The van der Waals surface area contributed by atoms with E-state index in [4.69, 9.17) is 9.84 Å². The third kappa shape index (κ3) is 6.21. The fraction of sp³-hybridized carbons (Fsp3) is 0.182. The predicted molar refractivity (Wildman–Crippen MR) is 122 cm³/mol. The summed E-state index contributed by atoms with van der Waals surface area (Å²) in [4.78, 5) is 17.1. The van der Waals surface area contributed by atoms with Gasteiger partial charge in [0.05, 0.1) is 6.20 Å². The van der Waals surface area contributed by atoms with E-state index in [1.165, 1.54) is 6.20 Å². The largest absolute Gasteiger partial charge is 0.511 e. The lowest BCUT2D eigenvalue weighted by atomic mass is 10.1. The van der Waals surface area contributed by atoms with Gasteiger partial charge < -0.3 is 19.5 Å². The highest BCUT2D eigenvalue weighted by molar-refractivity contribution is 9.10. The molecule has 30 heavy (non-hydrogen) atoms. The number of pyridine rings is 1. The van der Waals surface area contributed by atoms with Crippen LogP contribution in [0, 0.1) is 0 Å². The van der Waals surface area contributed by atoms with Crippen molar-refractivity contribution in [2.75, 3.05) is 11.4 Å². The normalized spacial score (nSPS) is 10.5. The minimum Gasteiger partial charge on any atom is -0.489 e. The second kappa shape index (κ2) is 10.4. The second-order valence-electron chi connectivity index (χ2n) is 6.40. The number of carbonyl (C=O) groups is 1. The molecule has 1 aromatic heterocycles. The van der Waals surface area contributed by atoms with E-state index >= 15 is 0 Å². The topological polar surface area (TPSA) is 71.9 Å². The van der Waals surface area contributed by atoms with E-state index in [0.717, 1.165) is 25.8 Å². The summed E-state index contributed by atoms with van der Waals surface area (Å²) in [6.07, 6.45) is 0.0384. The highest BCUT2D eigenvalue weighted by Gasteiger charge is 2.13. The van der Waals surface area contributed by atoms with Crippen molar-refractivity contribution in [1.82, 2.24) is 4.98 Å². The molecule has 0 radical (unpaired) electrons. The molecular formula is C22H20Br2N2O4. The minimum atomic E-state index is -1.36. The summed E-state index contributed by atoms with van der Waals surface area (Å²) in [5, 5.41) is 8.71. The number of rotatable bonds is 8. The highest BCUT2D eigenvalue weighted by Crippen LogP contribution is 2.27. The Hall–Kier alpha value is -2.58. The minimum absolute atomic E-state index is 0.184. The third-order valence-corrected chi connectivity index (χ3v) is 5.34. The van der Waals surface area contributed by atoms with Crippen molar-refractivity contribution < 1.29 is 19.4 Å². The van der Waals surface area contributed by atoms with Gasteiger partial charge >= 0.3 is 6.16 Å². The number of aromatic nitrogens is 1. The van der Waals surface area contributed by atoms with Gasteiger partial charge in [-0.05, 0) is 55.0 Å². The zero-order valence-electron chi connectivity index (χ0n) is 16.2. The van der Waals surface area contributed by atoms with Crippen LogP contribution in [0.2, 0.25) is 0 Å². The SMILES string of the molecule is CCN(Cc1cc(Br)ccc1OCc1ccc(Br)cc1)c1ccc(OC(=O)O)cn1. The molecule has 2 aromatic carbocycles. The monoisotopic (exact) mass is 534 g/mol. The Morgan fingerprint density at radius 1 is 1.07 bits per heavy atom. The Labute approximate surface area is 191 Å². The van der Waals surface area contributed by atoms with Crippen LogP contribution in [0.5, 0.6) is 11.5 Å². The van der Waals surface area contributed by atoms with Crippen LogP contribution in [0.15, 0.2) is 69.7 Å². The summed E-state index contributed by atoms with van der Waals surface area (Å²) < 4.78 is 12.7. The molecule has 3 aromatic rings. The predicted octanol–water partition coefficient (Wildman–Crippen LogP) is 6.27. The molecule has 1 N–H and O–H groups in total. The fourth-order valence-electron chi connectivity index (χ4n) is 2.84. The highest BCUT2D eigenvalue weighted by atomic mass is 79.9. The zero-order valence-corrected chi connectivity index (χ0v) is 19.4. The lowest BCUT2D eigenvalue weighted by Crippen LogP contribution is -2.23. The van der Waals surface area contributed by atoms with Gasteiger partial charge in [-0.2, -0.15) is 0 Å². The fourth-order valence-corrected chi connectivity index (χ4v) is 3.51. The smallest absolute Gasteiger partial charge is 0.489 e. The molecule has 8 heteroatoms. The Morgan fingerprint density at radius 2 is 1.80 bits per heavy atom. The molecule has 0 aliphatic carbocycles. The van der Waals surface area contributed by atoms with Gasteiger partial charge in [-0.25, -0.2) is 9.78 Å². The average Bonchev–Trinajstić information content (AvgIpc) is 2.73. The van der Waals surface area contributed by atoms with Crippen molar-refractivity contribution in [2.45, 2.75) is 20.1 Å². The van der Waals surface area contributed by atoms with Gasteiger partial charge in [0.25, 0.3) is 0 Å². The van der Waals surface area contributed by atoms with Crippen LogP contribution in [0.25, 0.3) is 0 Å². The molecule has 0 aliphatic rings. The van der Waals surface area contributed by atoms with Gasteiger partial charge in [0.1, 0.15) is 18.2 Å². The van der Waals surface area contributed by atoms with Gasteiger partial charge in [0.2, 0.25) is 0 Å². The quantitative estimate of drug-likeness (QED) is 0.343. The van der Waals surface area contributed by atoms with Crippen LogP contribution >= 0.6 is 31.9 Å². The first kappa shape index (κ1) is 22.1. The standard InChI is InChI=1S/C22H20Br2N2O4/c1-2-26(21-10-8-19(12-25-21)30-22(27)28)13-16-11-18(24)7-9-20(16)29-14-15-3-5-17(23)6-4-15/h3-12H,2,13-14H2,1H3,(H,27,28). The summed E-state index contributed by atoms with van der Waals surface area (Å²) in [5.74, 6) is 1.70. The van der Waals surface area contributed by atoms with Gasteiger partial charge in [-0.1, -0.05) is 44.0 Å². The number of hydrogen-bond acceptors (Lipinski definition) is 5. The third-order valence-electron chi connectivity index (χ3n) is 4.32. The molecule has 0 amide bonds. The Balaban J connectivity index is 1.75. The number of hydrogen-bond donors (Lipinski definition) is 1. The maximum absolute atomic E-state index is 10.7. The van der Waals surface area contributed by atoms with E-state index in [-0.39, 0.29) is 5.75 Å². The summed E-state index contributed by atoms with van der Waals surface area (Å²) in [7, 11) is 0. The van der Waals surface area contributed by atoms with Crippen LogP contribution in [0.4, 0.5) is 10.6 Å². The van der Waals surface area contributed by atoms with Crippen LogP contribution in [-0.2, 0) is 13.2 Å². The molecule has 0 unspecified atom stereocenters. The van der Waals surface area contributed by atoms with Gasteiger partial charge in [-0.3, -0.25) is 0 Å². The number of ether oxygens (including phenoxy) is 2. The van der Waals surface area contributed by atoms with Crippen molar-refractivity contribution in [2.24, 2.45) is 0 Å². The van der Waals surface area contributed by atoms with Gasteiger partial charge in [-0.15, -0.1) is 0 Å². The van der Waals surface area contributed by atoms with Crippen molar-refractivity contribution in [3.63, 3.8) is 0 Å². The zero-order chi connectivity index (χ0) is 21.5. The van der Waals surface area contributed by atoms with E-state index in [1.54, 1.807) is 12.1 Å². The molecule has 1 heterocycles. The Morgan fingerprint density at radius 3 is 2.43 bits per heavy atom. The molecule has 0 spiro atoms. The van der Waals surface area contributed by atoms with E-state index in [9.17, 15) is 4.79 Å². The molecule has 0 saturated heterocycles. The van der Waals surface area contributed by atoms with E-state index in [0.29, 0.717) is 25.5 Å². The van der Waals surface area contributed by atoms with Crippen LogP contribution in [0.3, 0.4) is 0 Å². The Bertz CT molecular complexity index is 995. The number of carboxylic acid groups (broad SMARTS) is 1. The average molecular weight is 536 g/mol. The molecule has 0 atom stereocenters. The summed E-state index contributed by atoms with van der Waals surface area (Å²) >= 11 is 6.97. The molecule has 3 rings (SSSR count). The van der Waals surface area contributed by atoms with Crippen LogP contribution < -0.4 is 14.4 Å². The molecule has 156 valence electrons. The molecule has 0 aliphatic heterocycles. The van der Waals surface area contributed by atoms with E-state index < -0.39 is 6.16 Å². The van der Waals surface area contributed by atoms with Crippen molar-refractivity contribution in [3.8, 4) is 11.5 Å². The molecule has 6 nitrogen and oxygen atoms in total. The van der Waals surface area contributed by atoms with Crippen molar-refractivity contribution in [3.05, 3.63) is 80.9 Å². The number of halogens is 2. The van der Waals surface area contributed by atoms with E-state index in [2.05, 4.69) is 46.5 Å². The maximum atomic E-state index is 10.7. The summed E-state index contributed by atoms with van der Waals surface area (Å²) in [6, 6.07) is 17.3. The van der Waals surface area contributed by atoms with Crippen LogP contribution in [0.1, 0.15) is 18.1 Å². The Kier molecular flexibility index (Phi) is 7.70. The summed E-state index contributed by atoms with van der Waals surface area (Å²) in [5.41, 5.74) is 2.09. The first-order valence-corrected chi connectivity index (χ1v) is 10.8. The second-order valence-corrected chi connectivity index (χ2v) is 8.23. The molecule has 0 saturated carbocycles. The molecular weight excluding hydrogens is 516 g/mol. The van der Waals surface area contributed by atoms with E-state index in [1.807, 2.05) is 49.4 Å². The molecule has 0 fully saturated rings. The summed E-state index contributed by atoms with van der Waals surface area (Å²) in [6.45, 7) is 3.79. The lowest BCUT2D eigenvalue weighted by molar-refractivity contribution is 0.144. The number of benzene rings is 2. The van der Waals surface area contributed by atoms with Crippen molar-refractivity contribution >= 4 is 43.8 Å². The molecule has 0 bridgehead atoms. The van der Waals surface area contributed by atoms with Crippen molar-refractivity contribution in [1.29, 1.82) is 0 Å². The van der Waals surface area contributed by atoms with Crippen LogP contribution in [-0.4, -0.2) is 22.8 Å². The van der Waals surface area contributed by atoms with Gasteiger partial charge in [0, 0.05) is 27.6 Å². The van der Waals surface area contributed by atoms with Gasteiger partial charge in [0.15, 0.2) is 5.75 Å². The lowest BCUT2D eigenvalue weighted by Gasteiger charge is -2.23. The first-order chi connectivity index (χ1) is 14.4. The first-order valence-electron chi connectivity index (χ1n) is 9.22. The maximum Gasteiger partial charge on any atom is 0.511 e. The number of nitrogens with zero attached hydrogens (tertiary/aromatic N) is 2.